The number of hydrogen-bond acceptors (Lipinski definition) is 6. The summed E-state index contributed by atoms with van der Waals surface area (Å²) in [4.78, 5) is 13.0. The van der Waals surface area contributed by atoms with E-state index >= 15 is 0 Å². The predicted octanol–water partition coefficient (Wildman–Crippen LogP) is 1.43. The van der Waals surface area contributed by atoms with E-state index in [9.17, 15) is 14.6 Å². The zero-order valence-corrected chi connectivity index (χ0v) is 13.3. The van der Waals surface area contributed by atoms with Gasteiger partial charge < -0.3 is 20.1 Å². The molecule has 2 fully saturated rings. The highest BCUT2D eigenvalue weighted by Crippen LogP contribution is 2.37. The van der Waals surface area contributed by atoms with Crippen molar-refractivity contribution in [2.75, 3.05) is 12.0 Å². The van der Waals surface area contributed by atoms with Crippen LogP contribution in [0.2, 0.25) is 0 Å². The van der Waals surface area contributed by atoms with E-state index in [-0.39, 0.29) is 0 Å². The van der Waals surface area contributed by atoms with Gasteiger partial charge in [0.2, 0.25) is 0 Å². The Labute approximate surface area is 138 Å². The van der Waals surface area contributed by atoms with Crippen LogP contribution in [0, 0.1) is 5.92 Å². The van der Waals surface area contributed by atoms with Crippen LogP contribution in [-0.2, 0) is 0 Å². The highest BCUT2D eigenvalue weighted by molar-refractivity contribution is 5.82. The molecule has 0 unspecified atom stereocenters. The van der Waals surface area contributed by atoms with Crippen molar-refractivity contribution < 1.29 is 14.6 Å². The fraction of sp³-hybridized carbons (Fsp3) is 0.688. The van der Waals surface area contributed by atoms with Crippen LogP contribution in [0.5, 0.6) is 0 Å². The second-order valence-electron chi connectivity index (χ2n) is 6.87. The number of halogens is 1. The van der Waals surface area contributed by atoms with Crippen molar-refractivity contribution in [3.05, 3.63) is 12.7 Å². The van der Waals surface area contributed by atoms with Crippen LogP contribution < -0.4 is 5.32 Å². The van der Waals surface area contributed by atoms with Crippen molar-refractivity contribution in [3.8, 4) is 0 Å². The molecule has 2 aliphatic carbocycles. The summed E-state index contributed by atoms with van der Waals surface area (Å²) in [5, 5.41) is 23.7. The fourth-order valence-electron chi connectivity index (χ4n) is 3.99. The third kappa shape index (κ3) is 2.53. The van der Waals surface area contributed by atoms with E-state index in [0.717, 1.165) is 12.8 Å². The van der Waals surface area contributed by atoms with Gasteiger partial charge in [-0.15, -0.1) is 0 Å². The average molecular weight is 335 g/mol. The third-order valence-electron chi connectivity index (χ3n) is 5.38. The maximum absolute atomic E-state index is 13.0. The quantitative estimate of drug-likeness (QED) is 0.782. The van der Waals surface area contributed by atoms with E-state index in [1.54, 1.807) is 10.9 Å². The number of alkyl halides is 1. The molecule has 130 valence electrons. The number of rotatable bonds is 4. The van der Waals surface area contributed by atoms with Crippen LogP contribution in [0.25, 0.3) is 11.2 Å². The molecule has 4 atom stereocenters. The van der Waals surface area contributed by atoms with Gasteiger partial charge in [-0.25, -0.2) is 15.0 Å². The lowest BCUT2D eigenvalue weighted by molar-refractivity contribution is 0.00271. The lowest BCUT2D eigenvalue weighted by atomic mass is 10.1. The molecular weight excluding hydrogens is 313 g/mol. The van der Waals surface area contributed by atoms with Gasteiger partial charge in [0.15, 0.2) is 11.5 Å². The van der Waals surface area contributed by atoms with Crippen LogP contribution in [0.15, 0.2) is 12.7 Å². The summed E-state index contributed by atoms with van der Waals surface area (Å²) in [6, 6.07) is -0.0250. The summed E-state index contributed by atoms with van der Waals surface area (Å²) < 4.78 is 14.7. The summed E-state index contributed by atoms with van der Waals surface area (Å²) in [6.45, 7) is -0.648. The van der Waals surface area contributed by atoms with Crippen molar-refractivity contribution in [1.29, 1.82) is 0 Å². The van der Waals surface area contributed by atoms with Gasteiger partial charge in [0.1, 0.15) is 17.9 Å². The minimum atomic E-state index is -1.06. The number of aliphatic hydroxyl groups excluding tert-OH is 2. The molecule has 2 heterocycles. The molecule has 0 bridgehead atoms. The first-order chi connectivity index (χ1) is 11.7. The van der Waals surface area contributed by atoms with Gasteiger partial charge in [0.25, 0.3) is 0 Å². The van der Waals surface area contributed by atoms with Crippen LogP contribution >= 0.6 is 0 Å². The van der Waals surface area contributed by atoms with Gasteiger partial charge in [-0.05, 0) is 19.3 Å². The Morgan fingerprint density at radius 3 is 2.67 bits per heavy atom. The highest BCUT2D eigenvalue weighted by atomic mass is 19.1. The number of imidazole rings is 1. The standard InChI is InChI=1S/C16H22FN5O2/c17-6-9-5-11(14(24)13(9)23)22-8-20-12-15(18-7-19-16(12)22)21-10-3-1-2-4-10/h7-11,13-14,23-24H,1-6H2,(H,18,19,21)/t9-,11-,13-,14+/m1/s1. The Kier molecular flexibility index (Phi) is 4.09. The normalized spacial score (nSPS) is 31.1. The van der Waals surface area contributed by atoms with E-state index in [1.165, 1.54) is 19.2 Å². The molecule has 3 N–H and O–H groups in total. The summed E-state index contributed by atoms with van der Waals surface area (Å²) in [5.74, 6) is 0.140. The highest BCUT2D eigenvalue weighted by Gasteiger charge is 2.43. The summed E-state index contributed by atoms with van der Waals surface area (Å²) in [5.41, 5.74) is 1.25. The van der Waals surface area contributed by atoms with Crippen molar-refractivity contribution in [2.24, 2.45) is 5.92 Å². The smallest absolute Gasteiger partial charge is 0.165 e. The molecule has 4 rings (SSSR count). The molecule has 8 heteroatoms. The second-order valence-corrected chi connectivity index (χ2v) is 6.87. The van der Waals surface area contributed by atoms with Crippen LogP contribution in [0.1, 0.15) is 38.1 Å². The molecule has 0 spiro atoms. The van der Waals surface area contributed by atoms with Gasteiger partial charge in [-0.1, -0.05) is 12.8 Å². The number of nitrogens with zero attached hydrogens (tertiary/aromatic N) is 4. The summed E-state index contributed by atoms with van der Waals surface area (Å²) in [7, 11) is 0. The number of fused-ring (bicyclic) bond motifs is 1. The van der Waals surface area contributed by atoms with Gasteiger partial charge >= 0.3 is 0 Å². The number of hydrogen-bond donors (Lipinski definition) is 3. The fourth-order valence-corrected chi connectivity index (χ4v) is 3.99. The minimum absolute atomic E-state index is 0.361. The minimum Gasteiger partial charge on any atom is -0.390 e. The molecule has 2 aliphatic rings. The molecular formula is C16H22FN5O2. The van der Waals surface area contributed by atoms with E-state index < -0.39 is 30.8 Å². The van der Waals surface area contributed by atoms with E-state index in [4.69, 9.17) is 0 Å². The number of aromatic nitrogens is 4. The Morgan fingerprint density at radius 2 is 1.96 bits per heavy atom. The second kappa shape index (κ2) is 6.25. The van der Waals surface area contributed by atoms with E-state index in [0.29, 0.717) is 29.4 Å². The average Bonchev–Trinajstić information content (AvgIpc) is 3.30. The van der Waals surface area contributed by atoms with Gasteiger partial charge in [-0.2, -0.15) is 0 Å². The SMILES string of the molecule is O[C@@H]1[C@@H](CF)C[C@@H](n2cnc3c(NC4CCCC4)ncnc32)[C@@H]1O. The van der Waals surface area contributed by atoms with Crippen molar-refractivity contribution in [2.45, 2.75) is 56.4 Å². The summed E-state index contributed by atoms with van der Waals surface area (Å²) >= 11 is 0. The predicted molar refractivity (Wildman–Crippen MR) is 86.3 cm³/mol. The Balaban J connectivity index is 1.65. The topological polar surface area (TPSA) is 96.1 Å². The molecule has 7 nitrogen and oxygen atoms in total. The van der Waals surface area contributed by atoms with Crippen molar-refractivity contribution in [1.82, 2.24) is 19.5 Å². The number of anilines is 1. The van der Waals surface area contributed by atoms with Gasteiger partial charge in [0, 0.05) is 12.0 Å². The van der Waals surface area contributed by atoms with Crippen molar-refractivity contribution in [3.63, 3.8) is 0 Å². The van der Waals surface area contributed by atoms with Crippen LogP contribution in [0.4, 0.5) is 10.2 Å². The molecule has 0 aliphatic heterocycles. The van der Waals surface area contributed by atoms with Crippen molar-refractivity contribution >= 4 is 17.0 Å². The zero-order chi connectivity index (χ0) is 16.7. The Bertz CT molecular complexity index is 718. The molecule has 0 saturated heterocycles. The molecule has 2 aromatic rings. The first-order valence-corrected chi connectivity index (χ1v) is 8.55. The third-order valence-corrected chi connectivity index (χ3v) is 5.38. The van der Waals surface area contributed by atoms with E-state index in [2.05, 4.69) is 20.3 Å². The largest absolute Gasteiger partial charge is 0.390 e. The number of aliphatic hydroxyl groups is 2. The zero-order valence-electron chi connectivity index (χ0n) is 13.3. The first-order valence-electron chi connectivity index (χ1n) is 8.55. The van der Waals surface area contributed by atoms with Crippen LogP contribution in [0.3, 0.4) is 0 Å². The lowest BCUT2D eigenvalue weighted by Gasteiger charge is -2.18. The lowest BCUT2D eigenvalue weighted by Crippen LogP contribution is -2.29. The maximum Gasteiger partial charge on any atom is 0.165 e. The van der Waals surface area contributed by atoms with E-state index in [1.807, 2.05) is 0 Å². The van der Waals surface area contributed by atoms with Gasteiger partial charge in [-0.3, -0.25) is 4.39 Å². The Hall–Kier alpha value is -1.80. The monoisotopic (exact) mass is 335 g/mol. The first kappa shape index (κ1) is 15.7. The van der Waals surface area contributed by atoms with Gasteiger partial charge in [0.05, 0.1) is 25.1 Å². The molecule has 2 saturated carbocycles. The molecule has 0 amide bonds. The molecule has 0 radical (unpaired) electrons. The molecule has 24 heavy (non-hydrogen) atoms. The summed E-state index contributed by atoms with van der Waals surface area (Å²) in [6.07, 6.45) is 6.03. The Morgan fingerprint density at radius 1 is 1.17 bits per heavy atom. The maximum atomic E-state index is 13.0. The van der Waals surface area contributed by atoms with Crippen LogP contribution in [-0.4, -0.2) is 54.7 Å². The number of nitrogens with one attached hydrogen (secondary N) is 1. The molecule has 0 aromatic carbocycles. The molecule has 2 aromatic heterocycles.